The van der Waals surface area contributed by atoms with Gasteiger partial charge < -0.3 is 14.2 Å². The maximum Gasteiger partial charge on any atom is 0.324 e. The number of nitrogens with zero attached hydrogens (tertiary/aromatic N) is 1. The maximum atomic E-state index is 12.9. The lowest BCUT2D eigenvalue weighted by atomic mass is 10.1. The van der Waals surface area contributed by atoms with Crippen molar-refractivity contribution in [2.45, 2.75) is 23.8 Å². The molecule has 1 heterocycles. The molecule has 166 valence electrons. The Kier molecular flexibility index (Phi) is 7.19. The number of ether oxygens (including phenoxy) is 3. The van der Waals surface area contributed by atoms with E-state index in [0.29, 0.717) is 23.6 Å². The van der Waals surface area contributed by atoms with Crippen LogP contribution in [0.25, 0.3) is 0 Å². The normalized spacial score (nSPS) is 16.7. The minimum absolute atomic E-state index is 0.0376. The fourth-order valence-corrected chi connectivity index (χ4v) is 5.12. The summed E-state index contributed by atoms with van der Waals surface area (Å²) in [5.74, 6) is -0.443. The minimum atomic E-state index is -3.90. The van der Waals surface area contributed by atoms with E-state index in [1.807, 2.05) is 0 Å². The second-order valence-electron chi connectivity index (χ2n) is 6.82. The monoisotopic (exact) mass is 467 g/mol. The smallest absolute Gasteiger partial charge is 0.324 e. The number of rotatable bonds is 8. The van der Waals surface area contributed by atoms with E-state index in [-0.39, 0.29) is 22.8 Å². The fourth-order valence-electron chi connectivity index (χ4n) is 3.34. The summed E-state index contributed by atoms with van der Waals surface area (Å²) < 4.78 is 42.5. The van der Waals surface area contributed by atoms with Crippen molar-refractivity contribution in [3.05, 3.63) is 53.1 Å². The Balaban J connectivity index is 1.70. The number of carbonyl (C=O) groups excluding carboxylic acids is 2. The molecular weight excluding hydrogens is 446 g/mol. The third-order valence-corrected chi connectivity index (χ3v) is 7.12. The van der Waals surface area contributed by atoms with Gasteiger partial charge in [-0.25, -0.2) is 8.42 Å². The summed E-state index contributed by atoms with van der Waals surface area (Å²) in [6.07, 6.45) is 0.818. The first kappa shape index (κ1) is 23.1. The average Bonchev–Trinajstić information content (AvgIpc) is 3.28. The Morgan fingerprint density at radius 2 is 1.81 bits per heavy atom. The molecule has 10 heteroatoms. The highest BCUT2D eigenvalue weighted by Crippen LogP contribution is 2.28. The van der Waals surface area contributed by atoms with Crippen LogP contribution in [0, 0.1) is 0 Å². The Hall–Kier alpha value is -2.62. The molecule has 2 aromatic rings. The lowest BCUT2D eigenvalue weighted by Gasteiger charge is -2.22. The number of benzene rings is 2. The van der Waals surface area contributed by atoms with Crippen molar-refractivity contribution in [3.63, 3.8) is 0 Å². The Bertz CT molecular complexity index is 1070. The van der Waals surface area contributed by atoms with E-state index in [0.717, 1.165) is 4.31 Å². The predicted octanol–water partition coefficient (Wildman–Crippen LogP) is 2.94. The van der Waals surface area contributed by atoms with Crippen molar-refractivity contribution < 1.29 is 32.2 Å². The molecule has 0 amide bonds. The van der Waals surface area contributed by atoms with Crippen LogP contribution < -0.4 is 9.47 Å². The maximum absolute atomic E-state index is 12.9. The topological polar surface area (TPSA) is 99.2 Å². The molecule has 2 aromatic carbocycles. The van der Waals surface area contributed by atoms with Gasteiger partial charge in [0.05, 0.1) is 24.7 Å². The van der Waals surface area contributed by atoms with Crippen molar-refractivity contribution >= 4 is 33.4 Å². The van der Waals surface area contributed by atoms with Crippen LogP contribution in [0.3, 0.4) is 0 Å². The largest absolute Gasteiger partial charge is 0.497 e. The van der Waals surface area contributed by atoms with Gasteiger partial charge in [0.25, 0.3) is 0 Å². The second kappa shape index (κ2) is 9.67. The molecule has 1 saturated heterocycles. The number of esters is 1. The summed E-state index contributed by atoms with van der Waals surface area (Å²) in [6.45, 7) is -0.349. The Morgan fingerprint density at radius 1 is 1.10 bits per heavy atom. The number of sulfonamides is 1. The molecule has 3 rings (SSSR count). The molecule has 0 aliphatic carbocycles. The van der Waals surface area contributed by atoms with Crippen LogP contribution >= 0.6 is 11.6 Å². The number of Topliss-reactive ketones (excluding diaryl/α,β-unsaturated/α-hetero) is 1. The molecule has 1 unspecified atom stereocenters. The average molecular weight is 468 g/mol. The number of methoxy groups -OCH3 is 2. The minimum Gasteiger partial charge on any atom is -0.497 e. The molecule has 0 radical (unpaired) electrons. The molecule has 0 N–H and O–H groups in total. The van der Waals surface area contributed by atoms with Gasteiger partial charge in [-0.2, -0.15) is 4.31 Å². The molecule has 31 heavy (non-hydrogen) atoms. The molecule has 1 aliphatic rings. The van der Waals surface area contributed by atoms with Gasteiger partial charge in [0.1, 0.15) is 17.5 Å². The predicted molar refractivity (Wildman–Crippen MR) is 113 cm³/mol. The zero-order chi connectivity index (χ0) is 22.6. The zero-order valence-corrected chi connectivity index (χ0v) is 18.6. The molecule has 1 fully saturated rings. The summed E-state index contributed by atoms with van der Waals surface area (Å²) in [4.78, 5) is 25.2. The molecule has 0 bridgehead atoms. The first-order valence-corrected chi connectivity index (χ1v) is 11.3. The van der Waals surface area contributed by atoms with Gasteiger partial charge in [-0.15, -0.1) is 0 Å². The van der Waals surface area contributed by atoms with Gasteiger partial charge >= 0.3 is 5.97 Å². The van der Waals surface area contributed by atoms with Gasteiger partial charge in [-0.1, -0.05) is 11.6 Å². The molecule has 1 aliphatic heterocycles. The SMILES string of the molecule is COc1ccc(C(=O)COC(=O)C2CCCN2S(=O)(=O)c2ccc(Cl)cc2)c(OC)c1. The summed E-state index contributed by atoms with van der Waals surface area (Å²) in [6, 6.07) is 9.38. The quantitative estimate of drug-likeness (QED) is 0.434. The highest BCUT2D eigenvalue weighted by Gasteiger charge is 2.40. The van der Waals surface area contributed by atoms with Crippen LogP contribution in [0.1, 0.15) is 23.2 Å². The summed E-state index contributed by atoms with van der Waals surface area (Å²) in [7, 11) is -1.00. The Morgan fingerprint density at radius 3 is 2.45 bits per heavy atom. The van der Waals surface area contributed by atoms with E-state index in [9.17, 15) is 18.0 Å². The highest BCUT2D eigenvalue weighted by molar-refractivity contribution is 7.89. The first-order chi connectivity index (χ1) is 14.8. The number of hydrogen-bond donors (Lipinski definition) is 0. The summed E-state index contributed by atoms with van der Waals surface area (Å²) >= 11 is 5.83. The van der Waals surface area contributed by atoms with E-state index >= 15 is 0 Å². The number of ketones is 1. The van der Waals surface area contributed by atoms with Crippen molar-refractivity contribution in [2.24, 2.45) is 0 Å². The molecule has 0 spiro atoms. The number of halogens is 1. The van der Waals surface area contributed by atoms with E-state index in [2.05, 4.69) is 0 Å². The van der Waals surface area contributed by atoms with Gasteiger partial charge in [0.15, 0.2) is 6.61 Å². The highest BCUT2D eigenvalue weighted by atomic mass is 35.5. The molecular formula is C21H22ClNO7S. The second-order valence-corrected chi connectivity index (χ2v) is 9.15. The van der Waals surface area contributed by atoms with Gasteiger partial charge in [-0.05, 0) is 49.2 Å². The standard InChI is InChI=1S/C21H22ClNO7S/c1-28-15-7-10-17(20(12-15)29-2)19(24)13-30-21(25)18-4-3-11-23(18)31(26,27)16-8-5-14(22)6-9-16/h5-10,12,18H,3-4,11,13H2,1-2H3. The number of carbonyl (C=O) groups is 2. The van der Waals surface area contributed by atoms with Gasteiger partial charge in [0.2, 0.25) is 15.8 Å². The zero-order valence-electron chi connectivity index (χ0n) is 17.0. The molecule has 0 aromatic heterocycles. The van der Waals surface area contributed by atoms with E-state index < -0.39 is 34.4 Å². The van der Waals surface area contributed by atoms with E-state index in [4.69, 9.17) is 25.8 Å². The van der Waals surface area contributed by atoms with Crippen LogP contribution in [-0.4, -0.2) is 57.9 Å². The van der Waals surface area contributed by atoms with E-state index in [1.165, 1.54) is 44.6 Å². The van der Waals surface area contributed by atoms with E-state index in [1.54, 1.807) is 12.1 Å². The molecule has 8 nitrogen and oxygen atoms in total. The van der Waals surface area contributed by atoms with Crippen LogP contribution in [0.5, 0.6) is 11.5 Å². The van der Waals surface area contributed by atoms with Crippen molar-refractivity contribution in [2.75, 3.05) is 27.4 Å². The fraction of sp³-hybridized carbons (Fsp3) is 0.333. The number of hydrogen-bond acceptors (Lipinski definition) is 7. The van der Waals surface area contributed by atoms with Crippen LogP contribution in [-0.2, 0) is 19.6 Å². The summed E-state index contributed by atoms with van der Waals surface area (Å²) in [5.41, 5.74) is 0.230. The summed E-state index contributed by atoms with van der Waals surface area (Å²) in [5, 5.41) is 0.406. The van der Waals surface area contributed by atoms with Gasteiger partial charge in [0, 0.05) is 17.6 Å². The van der Waals surface area contributed by atoms with Crippen molar-refractivity contribution in [1.29, 1.82) is 0 Å². The Labute approximate surface area is 185 Å². The first-order valence-electron chi connectivity index (χ1n) is 9.47. The lowest BCUT2D eigenvalue weighted by Crippen LogP contribution is -2.41. The van der Waals surface area contributed by atoms with Crippen LogP contribution in [0.2, 0.25) is 5.02 Å². The third kappa shape index (κ3) is 5.00. The molecule has 0 saturated carbocycles. The lowest BCUT2D eigenvalue weighted by molar-refractivity contribution is -0.146. The van der Waals surface area contributed by atoms with Crippen LogP contribution in [0.4, 0.5) is 0 Å². The van der Waals surface area contributed by atoms with Crippen molar-refractivity contribution in [1.82, 2.24) is 4.31 Å². The van der Waals surface area contributed by atoms with Crippen LogP contribution in [0.15, 0.2) is 47.4 Å². The van der Waals surface area contributed by atoms with Gasteiger partial charge in [-0.3, -0.25) is 9.59 Å². The molecule has 1 atom stereocenters. The van der Waals surface area contributed by atoms with Crippen molar-refractivity contribution in [3.8, 4) is 11.5 Å². The third-order valence-electron chi connectivity index (χ3n) is 4.95.